The predicted molar refractivity (Wildman–Crippen MR) is 237 cm³/mol. The van der Waals surface area contributed by atoms with Gasteiger partial charge in [-0.2, -0.15) is 10.5 Å². The molecule has 6 heteroatoms. The Morgan fingerprint density at radius 2 is 0.948 bits per heavy atom. The highest BCUT2D eigenvalue weighted by Crippen LogP contribution is 2.46. The van der Waals surface area contributed by atoms with Crippen LogP contribution in [0.5, 0.6) is 0 Å². The predicted octanol–water partition coefficient (Wildman–Crippen LogP) is 14.0. The van der Waals surface area contributed by atoms with Gasteiger partial charge in [0.1, 0.15) is 34.5 Å². The first-order valence-electron chi connectivity index (χ1n) is 19.7. The summed E-state index contributed by atoms with van der Waals surface area (Å²) in [5.41, 5.74) is 11.2. The largest absolute Gasteiger partial charge is 0.455 e. The maximum Gasteiger partial charge on any atom is 0.145 e. The summed E-state index contributed by atoms with van der Waals surface area (Å²) < 4.78 is 17.9. The molecule has 0 spiro atoms. The lowest BCUT2D eigenvalue weighted by molar-refractivity contribution is 0.591. The Morgan fingerprint density at radius 3 is 1.45 bits per heavy atom. The van der Waals surface area contributed by atoms with Crippen LogP contribution in [0.4, 0.5) is 0 Å². The number of aromatic nitrogens is 2. The Balaban J connectivity index is 1.34. The van der Waals surface area contributed by atoms with Crippen molar-refractivity contribution in [3.05, 3.63) is 144 Å². The molecule has 11 rings (SSSR count). The van der Waals surface area contributed by atoms with Crippen molar-refractivity contribution in [1.29, 1.82) is 10.5 Å². The van der Waals surface area contributed by atoms with E-state index in [0.717, 1.165) is 93.2 Å². The van der Waals surface area contributed by atoms with Gasteiger partial charge in [-0.3, -0.25) is 0 Å². The van der Waals surface area contributed by atoms with E-state index in [0.29, 0.717) is 16.8 Å². The van der Waals surface area contributed by atoms with Gasteiger partial charge in [0.05, 0.1) is 55.3 Å². The molecule has 0 saturated heterocycles. The SMILES string of the molecule is CC(C)(C)c1ccc2c(c1)c1c3oc4ccccc4c3ccc1n2-c1ccc(C#N)c(C#N)c1-n1c2ccc(C(C)(C)C)cc2c2c3oc4ccccc4c3ccc21. The highest BCUT2D eigenvalue weighted by atomic mass is 16.3. The number of benzene rings is 7. The molecule has 0 atom stereocenters. The van der Waals surface area contributed by atoms with Crippen molar-refractivity contribution >= 4 is 87.5 Å². The molecule has 278 valence electrons. The molecule has 0 bridgehead atoms. The second kappa shape index (κ2) is 11.6. The van der Waals surface area contributed by atoms with Crippen LogP contribution < -0.4 is 0 Å². The van der Waals surface area contributed by atoms with E-state index in [1.807, 2.05) is 42.5 Å². The van der Waals surface area contributed by atoms with E-state index in [4.69, 9.17) is 8.83 Å². The van der Waals surface area contributed by atoms with E-state index in [2.05, 4.69) is 136 Å². The summed E-state index contributed by atoms with van der Waals surface area (Å²) in [5.74, 6) is 0. The first-order valence-corrected chi connectivity index (χ1v) is 19.7. The lowest BCUT2D eigenvalue weighted by Crippen LogP contribution is -2.11. The van der Waals surface area contributed by atoms with Gasteiger partial charge in [-0.1, -0.05) is 90.1 Å². The third kappa shape index (κ3) is 4.58. The van der Waals surface area contributed by atoms with Crippen LogP contribution in [0.3, 0.4) is 0 Å². The van der Waals surface area contributed by atoms with Crippen molar-refractivity contribution < 1.29 is 8.83 Å². The third-order valence-corrected chi connectivity index (χ3v) is 12.1. The van der Waals surface area contributed by atoms with Crippen LogP contribution in [0.15, 0.2) is 130 Å². The topological polar surface area (TPSA) is 83.7 Å². The molecule has 58 heavy (non-hydrogen) atoms. The molecule has 0 N–H and O–H groups in total. The van der Waals surface area contributed by atoms with E-state index < -0.39 is 0 Å². The van der Waals surface area contributed by atoms with E-state index in [1.54, 1.807) is 6.07 Å². The number of nitriles is 2. The Bertz CT molecular complexity index is 3670. The van der Waals surface area contributed by atoms with E-state index in [-0.39, 0.29) is 10.8 Å². The zero-order valence-corrected chi connectivity index (χ0v) is 33.2. The molecule has 0 aliphatic carbocycles. The Kier molecular flexibility index (Phi) is 6.82. The van der Waals surface area contributed by atoms with Crippen LogP contribution in [0.25, 0.3) is 98.9 Å². The lowest BCUT2D eigenvalue weighted by Gasteiger charge is -2.21. The molecular weight excluding hydrogens is 713 g/mol. The van der Waals surface area contributed by atoms with Crippen molar-refractivity contribution in [2.75, 3.05) is 0 Å². The fourth-order valence-corrected chi connectivity index (χ4v) is 9.20. The van der Waals surface area contributed by atoms with Crippen LogP contribution >= 0.6 is 0 Å². The van der Waals surface area contributed by atoms with Crippen molar-refractivity contribution in [2.45, 2.75) is 52.4 Å². The maximum absolute atomic E-state index is 11.1. The number of fused-ring (bicyclic) bond motifs is 14. The smallest absolute Gasteiger partial charge is 0.145 e. The molecular formula is C52H38N4O2. The second-order valence-corrected chi connectivity index (χ2v) is 17.6. The second-order valence-electron chi connectivity index (χ2n) is 17.6. The highest BCUT2D eigenvalue weighted by Gasteiger charge is 2.28. The first kappa shape index (κ1) is 34.0. The van der Waals surface area contributed by atoms with E-state index in [1.165, 1.54) is 11.1 Å². The molecule has 0 aliphatic rings. The van der Waals surface area contributed by atoms with Crippen LogP contribution in [0.2, 0.25) is 0 Å². The fourth-order valence-electron chi connectivity index (χ4n) is 9.20. The minimum absolute atomic E-state index is 0.102. The van der Waals surface area contributed by atoms with Crippen molar-refractivity contribution in [3.63, 3.8) is 0 Å². The number of para-hydroxylation sites is 2. The molecule has 0 fully saturated rings. The fraction of sp³-hybridized carbons (Fsp3) is 0.154. The number of nitrogens with zero attached hydrogens (tertiary/aromatic N) is 4. The van der Waals surface area contributed by atoms with Gasteiger partial charge < -0.3 is 18.0 Å². The molecule has 0 aliphatic heterocycles. The van der Waals surface area contributed by atoms with Gasteiger partial charge >= 0.3 is 0 Å². The monoisotopic (exact) mass is 750 g/mol. The molecule has 0 saturated carbocycles. The Morgan fingerprint density at radius 1 is 0.466 bits per heavy atom. The maximum atomic E-state index is 11.1. The van der Waals surface area contributed by atoms with Crippen molar-refractivity contribution in [2.24, 2.45) is 0 Å². The standard InChI is InChI=1S/C52H38N4O2/c1-51(2,3)30-16-21-39-36(25-30)46-41(23-18-34-32-11-7-9-13-44(32)57-49(34)46)55(39)43-20-15-29(27-53)38(28-54)48(43)56-40-22-17-31(52(4,5)6)26-37(40)47-42(56)24-19-35-33-12-8-10-14-45(33)58-50(35)47/h7-26H,1-6H3. The van der Waals surface area contributed by atoms with Gasteiger partial charge in [-0.05, 0) is 94.8 Å². The Labute approximate surface area is 334 Å². The van der Waals surface area contributed by atoms with Gasteiger partial charge in [0, 0.05) is 32.3 Å². The normalized spacial score (nSPS) is 12.6. The summed E-state index contributed by atoms with van der Waals surface area (Å²) >= 11 is 0. The number of hydrogen-bond acceptors (Lipinski definition) is 4. The zero-order valence-electron chi connectivity index (χ0n) is 33.2. The number of hydrogen-bond donors (Lipinski definition) is 0. The summed E-state index contributed by atoms with van der Waals surface area (Å²) in [7, 11) is 0. The minimum Gasteiger partial charge on any atom is -0.455 e. The summed E-state index contributed by atoms with van der Waals surface area (Å²) in [4.78, 5) is 0. The van der Waals surface area contributed by atoms with Gasteiger partial charge in [-0.15, -0.1) is 0 Å². The summed E-state index contributed by atoms with van der Waals surface area (Å²) in [6.07, 6.45) is 0. The third-order valence-electron chi connectivity index (χ3n) is 12.1. The average Bonchev–Trinajstić information content (AvgIpc) is 3.96. The molecule has 6 nitrogen and oxygen atoms in total. The molecule has 4 aromatic heterocycles. The zero-order chi connectivity index (χ0) is 39.8. The number of furan rings is 2. The van der Waals surface area contributed by atoms with Crippen molar-refractivity contribution in [3.8, 4) is 23.5 Å². The average molecular weight is 751 g/mol. The molecule has 11 aromatic rings. The lowest BCUT2D eigenvalue weighted by atomic mass is 9.86. The van der Waals surface area contributed by atoms with E-state index in [9.17, 15) is 10.5 Å². The van der Waals surface area contributed by atoms with Gasteiger partial charge in [-0.25, -0.2) is 0 Å². The van der Waals surface area contributed by atoms with Crippen LogP contribution in [0.1, 0.15) is 63.8 Å². The van der Waals surface area contributed by atoms with Gasteiger partial charge in [0.25, 0.3) is 0 Å². The molecule has 4 heterocycles. The summed E-state index contributed by atoms with van der Waals surface area (Å²) in [5, 5.41) is 29.9. The van der Waals surface area contributed by atoms with Gasteiger partial charge in [0.2, 0.25) is 0 Å². The number of rotatable bonds is 2. The molecule has 7 aromatic carbocycles. The summed E-state index contributed by atoms with van der Waals surface area (Å²) in [6, 6.07) is 46.8. The minimum atomic E-state index is -0.120. The van der Waals surface area contributed by atoms with Crippen molar-refractivity contribution in [1.82, 2.24) is 9.13 Å². The quantitative estimate of drug-likeness (QED) is 0.176. The van der Waals surface area contributed by atoms with Crippen LogP contribution in [0, 0.1) is 22.7 Å². The molecule has 0 radical (unpaired) electrons. The molecule has 0 amide bonds. The van der Waals surface area contributed by atoms with Gasteiger partial charge in [0.15, 0.2) is 0 Å². The first-order chi connectivity index (χ1) is 28.0. The molecule has 0 unspecified atom stereocenters. The van der Waals surface area contributed by atoms with Crippen LogP contribution in [-0.2, 0) is 10.8 Å². The van der Waals surface area contributed by atoms with E-state index >= 15 is 0 Å². The summed E-state index contributed by atoms with van der Waals surface area (Å²) in [6.45, 7) is 13.4. The highest BCUT2D eigenvalue weighted by molar-refractivity contribution is 6.26. The Hall–Kier alpha value is -7.28. The van der Waals surface area contributed by atoms with Crippen LogP contribution in [-0.4, -0.2) is 9.13 Å².